The smallest absolute Gasteiger partial charge is 0.135 e. The van der Waals surface area contributed by atoms with Crippen molar-refractivity contribution in [2.45, 2.75) is 27.7 Å². The van der Waals surface area contributed by atoms with E-state index in [4.69, 9.17) is 4.74 Å². The van der Waals surface area contributed by atoms with E-state index in [2.05, 4.69) is 74.3 Å². The van der Waals surface area contributed by atoms with Gasteiger partial charge in [0.05, 0.1) is 0 Å². The van der Waals surface area contributed by atoms with Crippen LogP contribution in [0.1, 0.15) is 26.3 Å². The van der Waals surface area contributed by atoms with Gasteiger partial charge in [-0.1, -0.05) is 18.2 Å². The van der Waals surface area contributed by atoms with Gasteiger partial charge in [0, 0.05) is 42.0 Å². The third-order valence-corrected chi connectivity index (χ3v) is 4.82. The summed E-state index contributed by atoms with van der Waals surface area (Å²) in [5.74, 6) is 1.79. The number of nitrogens with one attached hydrogen (secondary N) is 1. The molecule has 0 saturated carbocycles. The van der Waals surface area contributed by atoms with Gasteiger partial charge in [-0.05, 0) is 69.5 Å². The second-order valence-corrected chi connectivity index (χ2v) is 6.39. The summed E-state index contributed by atoms with van der Waals surface area (Å²) in [6, 6.07) is 19.0. The standard InChI is InChI=1S/C23H28N2O/c1-5-24-21-11-9-12-22(17(21)4)26-23-13-8-10-18-16-19(14-15-20(18)23)25(6-2)7-3/h8-16,24H,5-7H2,1-4H3. The first-order valence-electron chi connectivity index (χ1n) is 9.47. The molecule has 0 bridgehead atoms. The van der Waals surface area contributed by atoms with Crippen molar-refractivity contribution in [3.8, 4) is 11.5 Å². The Morgan fingerprint density at radius 2 is 1.62 bits per heavy atom. The molecule has 136 valence electrons. The zero-order valence-electron chi connectivity index (χ0n) is 16.2. The predicted molar refractivity (Wildman–Crippen MR) is 113 cm³/mol. The summed E-state index contributed by atoms with van der Waals surface area (Å²) in [6.07, 6.45) is 0. The van der Waals surface area contributed by atoms with Crippen LogP contribution in [-0.2, 0) is 0 Å². The number of hydrogen-bond donors (Lipinski definition) is 1. The van der Waals surface area contributed by atoms with Crippen molar-refractivity contribution in [2.24, 2.45) is 0 Å². The molecule has 3 aromatic carbocycles. The Bertz CT molecular complexity index is 885. The normalized spacial score (nSPS) is 10.8. The van der Waals surface area contributed by atoms with Crippen LogP contribution in [0.15, 0.2) is 54.6 Å². The highest BCUT2D eigenvalue weighted by Gasteiger charge is 2.10. The summed E-state index contributed by atoms with van der Waals surface area (Å²) in [5.41, 5.74) is 3.50. The quantitative estimate of drug-likeness (QED) is 0.548. The first-order chi connectivity index (χ1) is 12.7. The minimum absolute atomic E-state index is 0.892. The molecule has 3 heteroatoms. The van der Waals surface area contributed by atoms with E-state index >= 15 is 0 Å². The Morgan fingerprint density at radius 1 is 0.885 bits per heavy atom. The molecule has 3 rings (SSSR count). The van der Waals surface area contributed by atoms with E-state index in [9.17, 15) is 0 Å². The van der Waals surface area contributed by atoms with Crippen LogP contribution >= 0.6 is 0 Å². The Kier molecular flexibility index (Phi) is 5.67. The van der Waals surface area contributed by atoms with Crippen LogP contribution in [0.5, 0.6) is 11.5 Å². The first-order valence-corrected chi connectivity index (χ1v) is 9.47. The fourth-order valence-corrected chi connectivity index (χ4v) is 3.34. The molecule has 1 N–H and O–H groups in total. The molecule has 0 radical (unpaired) electrons. The Hall–Kier alpha value is -2.68. The number of hydrogen-bond acceptors (Lipinski definition) is 3. The lowest BCUT2D eigenvalue weighted by Crippen LogP contribution is -2.21. The van der Waals surface area contributed by atoms with Crippen LogP contribution in [0.25, 0.3) is 10.8 Å². The molecule has 26 heavy (non-hydrogen) atoms. The van der Waals surface area contributed by atoms with Gasteiger partial charge in [-0.2, -0.15) is 0 Å². The van der Waals surface area contributed by atoms with Crippen LogP contribution in [0.4, 0.5) is 11.4 Å². The number of rotatable bonds is 7. The van der Waals surface area contributed by atoms with Gasteiger partial charge in [0.2, 0.25) is 0 Å². The molecule has 3 nitrogen and oxygen atoms in total. The molecule has 0 aliphatic rings. The molecule has 0 aromatic heterocycles. The SMILES string of the molecule is CCNc1cccc(Oc2cccc3cc(N(CC)CC)ccc23)c1C. The van der Waals surface area contributed by atoms with Gasteiger partial charge in [0.1, 0.15) is 11.5 Å². The molecule has 0 unspecified atom stereocenters. The minimum atomic E-state index is 0.892. The fraction of sp³-hybridized carbons (Fsp3) is 0.304. The number of ether oxygens (including phenoxy) is 1. The molecule has 0 atom stereocenters. The molecular formula is C23H28N2O. The van der Waals surface area contributed by atoms with Gasteiger partial charge in [-0.25, -0.2) is 0 Å². The monoisotopic (exact) mass is 348 g/mol. The lowest BCUT2D eigenvalue weighted by Gasteiger charge is -2.21. The van der Waals surface area contributed by atoms with Gasteiger partial charge in [-0.3, -0.25) is 0 Å². The molecule has 0 amide bonds. The third kappa shape index (κ3) is 3.62. The first kappa shape index (κ1) is 18.1. The zero-order chi connectivity index (χ0) is 18.5. The Balaban J connectivity index is 1.98. The zero-order valence-corrected chi connectivity index (χ0v) is 16.2. The van der Waals surface area contributed by atoms with Crippen LogP contribution in [0.2, 0.25) is 0 Å². The average Bonchev–Trinajstić information content (AvgIpc) is 2.66. The van der Waals surface area contributed by atoms with Crippen molar-refractivity contribution < 1.29 is 4.74 Å². The number of anilines is 2. The van der Waals surface area contributed by atoms with Crippen molar-refractivity contribution in [1.82, 2.24) is 0 Å². The fourth-order valence-electron chi connectivity index (χ4n) is 3.34. The van der Waals surface area contributed by atoms with Crippen LogP contribution in [0, 0.1) is 6.92 Å². The van der Waals surface area contributed by atoms with Crippen molar-refractivity contribution in [2.75, 3.05) is 29.9 Å². The molecule has 0 saturated heterocycles. The van der Waals surface area contributed by atoms with Gasteiger partial charge >= 0.3 is 0 Å². The molecule has 0 fully saturated rings. The summed E-state index contributed by atoms with van der Waals surface area (Å²) in [5, 5.41) is 5.72. The number of fused-ring (bicyclic) bond motifs is 1. The van der Waals surface area contributed by atoms with Crippen LogP contribution in [-0.4, -0.2) is 19.6 Å². The van der Waals surface area contributed by atoms with Gasteiger partial charge < -0.3 is 15.0 Å². The lowest BCUT2D eigenvalue weighted by atomic mass is 10.1. The highest BCUT2D eigenvalue weighted by atomic mass is 16.5. The van der Waals surface area contributed by atoms with Crippen molar-refractivity contribution in [3.05, 3.63) is 60.2 Å². The minimum Gasteiger partial charge on any atom is -0.456 e. The Morgan fingerprint density at radius 3 is 2.35 bits per heavy atom. The molecule has 0 heterocycles. The van der Waals surface area contributed by atoms with Gasteiger partial charge in [0.15, 0.2) is 0 Å². The second-order valence-electron chi connectivity index (χ2n) is 6.39. The summed E-state index contributed by atoms with van der Waals surface area (Å²) < 4.78 is 6.31. The van der Waals surface area contributed by atoms with Crippen molar-refractivity contribution in [1.29, 1.82) is 0 Å². The van der Waals surface area contributed by atoms with E-state index in [0.29, 0.717) is 0 Å². The lowest BCUT2D eigenvalue weighted by molar-refractivity contribution is 0.485. The van der Waals surface area contributed by atoms with E-state index in [0.717, 1.165) is 47.8 Å². The van der Waals surface area contributed by atoms with E-state index < -0.39 is 0 Å². The number of benzene rings is 3. The van der Waals surface area contributed by atoms with Crippen molar-refractivity contribution >= 4 is 22.1 Å². The maximum absolute atomic E-state index is 6.31. The maximum atomic E-state index is 6.31. The maximum Gasteiger partial charge on any atom is 0.135 e. The summed E-state index contributed by atoms with van der Waals surface area (Å²) in [6.45, 7) is 11.5. The van der Waals surface area contributed by atoms with Crippen LogP contribution in [0.3, 0.4) is 0 Å². The third-order valence-electron chi connectivity index (χ3n) is 4.82. The molecule has 0 aliphatic carbocycles. The van der Waals surface area contributed by atoms with Gasteiger partial charge in [0.25, 0.3) is 0 Å². The second kappa shape index (κ2) is 8.13. The highest BCUT2D eigenvalue weighted by molar-refractivity contribution is 5.91. The molecule has 0 aliphatic heterocycles. The molecule has 3 aromatic rings. The molecule has 0 spiro atoms. The topological polar surface area (TPSA) is 24.5 Å². The van der Waals surface area contributed by atoms with E-state index in [1.54, 1.807) is 0 Å². The number of nitrogens with zero attached hydrogens (tertiary/aromatic N) is 1. The van der Waals surface area contributed by atoms with Crippen molar-refractivity contribution in [3.63, 3.8) is 0 Å². The van der Waals surface area contributed by atoms with Crippen LogP contribution < -0.4 is 15.0 Å². The largest absolute Gasteiger partial charge is 0.456 e. The van der Waals surface area contributed by atoms with E-state index in [-0.39, 0.29) is 0 Å². The predicted octanol–water partition coefficient (Wildman–Crippen LogP) is 6.22. The summed E-state index contributed by atoms with van der Waals surface area (Å²) in [4.78, 5) is 2.36. The Labute approximate surface area is 156 Å². The highest BCUT2D eigenvalue weighted by Crippen LogP contribution is 2.35. The van der Waals surface area contributed by atoms with E-state index in [1.807, 2.05) is 18.2 Å². The summed E-state index contributed by atoms with van der Waals surface area (Å²) in [7, 11) is 0. The average molecular weight is 348 g/mol. The molecular weight excluding hydrogens is 320 g/mol. The van der Waals surface area contributed by atoms with E-state index in [1.165, 1.54) is 11.1 Å². The van der Waals surface area contributed by atoms with Gasteiger partial charge in [-0.15, -0.1) is 0 Å². The summed E-state index contributed by atoms with van der Waals surface area (Å²) >= 11 is 0.